The second kappa shape index (κ2) is 10.0. The van der Waals surface area contributed by atoms with Gasteiger partial charge in [0.05, 0.1) is 0 Å². The number of rotatable bonds is 6. The minimum absolute atomic E-state index is 0.152. The van der Waals surface area contributed by atoms with Crippen molar-refractivity contribution in [1.29, 1.82) is 0 Å². The smallest absolute Gasteiger partial charge is 0.319 e. The van der Waals surface area contributed by atoms with Crippen molar-refractivity contribution in [3.05, 3.63) is 63.9 Å². The quantitative estimate of drug-likeness (QED) is 0.655. The average molecular weight is 448 g/mol. The first-order valence-electron chi connectivity index (χ1n) is 9.77. The lowest BCUT2D eigenvalue weighted by Crippen LogP contribution is -2.40. The third kappa shape index (κ3) is 6.31. The van der Waals surface area contributed by atoms with Crippen molar-refractivity contribution in [2.45, 2.75) is 26.2 Å². The molecule has 2 N–H and O–H groups in total. The van der Waals surface area contributed by atoms with Crippen LogP contribution in [0.1, 0.15) is 24.0 Å². The van der Waals surface area contributed by atoms with E-state index < -0.39 is 0 Å². The zero-order chi connectivity index (χ0) is 19.9. The molecule has 0 spiro atoms. The molecule has 0 aliphatic carbocycles. The average Bonchev–Trinajstić information content (AvgIpc) is 2.69. The predicted octanol–water partition coefficient (Wildman–Crippen LogP) is 4.97. The number of likely N-dealkylation sites (tertiary alicyclic amines) is 1. The van der Waals surface area contributed by atoms with E-state index >= 15 is 0 Å². The topological polar surface area (TPSA) is 44.4 Å². The van der Waals surface area contributed by atoms with Gasteiger partial charge in [-0.3, -0.25) is 0 Å². The molecule has 1 aliphatic rings. The maximum atomic E-state index is 13.0. The van der Waals surface area contributed by atoms with Crippen LogP contribution in [0.3, 0.4) is 0 Å². The summed E-state index contributed by atoms with van der Waals surface area (Å²) in [6, 6.07) is 12.4. The highest BCUT2D eigenvalue weighted by Gasteiger charge is 2.19. The van der Waals surface area contributed by atoms with Crippen molar-refractivity contribution in [2.24, 2.45) is 5.92 Å². The molecule has 28 heavy (non-hydrogen) atoms. The van der Waals surface area contributed by atoms with E-state index in [1.54, 1.807) is 0 Å². The van der Waals surface area contributed by atoms with Gasteiger partial charge in [-0.2, -0.15) is 0 Å². The van der Waals surface area contributed by atoms with E-state index in [2.05, 4.69) is 31.5 Å². The van der Waals surface area contributed by atoms with Gasteiger partial charge in [-0.05, 0) is 86.7 Å². The number of hydrogen-bond acceptors (Lipinski definition) is 2. The maximum Gasteiger partial charge on any atom is 0.319 e. The highest BCUT2D eigenvalue weighted by Crippen LogP contribution is 2.20. The molecular formula is C22H27BrFN3O. The molecule has 150 valence electrons. The predicted molar refractivity (Wildman–Crippen MR) is 115 cm³/mol. The number of halogens is 2. The van der Waals surface area contributed by atoms with Gasteiger partial charge in [-0.25, -0.2) is 9.18 Å². The standard InChI is InChI=1S/C22H27BrFN3O/c1-16-14-20(6-7-21(16)23)26-22(28)25-15-18-9-12-27(13-10-18)11-8-17-2-4-19(24)5-3-17/h2-7,14,18H,8-13,15H2,1H3,(H2,25,26,28). The summed E-state index contributed by atoms with van der Waals surface area (Å²) in [5, 5.41) is 5.89. The van der Waals surface area contributed by atoms with Gasteiger partial charge in [0.25, 0.3) is 0 Å². The van der Waals surface area contributed by atoms with E-state index in [0.717, 1.165) is 54.6 Å². The van der Waals surface area contributed by atoms with Crippen LogP contribution in [0, 0.1) is 18.7 Å². The fourth-order valence-electron chi connectivity index (χ4n) is 3.49. The van der Waals surface area contributed by atoms with Gasteiger partial charge in [0, 0.05) is 23.2 Å². The molecule has 2 aromatic carbocycles. The van der Waals surface area contributed by atoms with Crippen LogP contribution < -0.4 is 10.6 Å². The summed E-state index contributed by atoms with van der Waals surface area (Å²) in [5.41, 5.74) is 3.06. The fourth-order valence-corrected chi connectivity index (χ4v) is 3.73. The highest BCUT2D eigenvalue weighted by molar-refractivity contribution is 9.10. The first-order valence-corrected chi connectivity index (χ1v) is 10.6. The number of carbonyl (C=O) groups excluding carboxylic acids is 1. The summed E-state index contributed by atoms with van der Waals surface area (Å²) >= 11 is 3.46. The monoisotopic (exact) mass is 447 g/mol. The number of piperidine rings is 1. The van der Waals surface area contributed by atoms with E-state index in [1.807, 2.05) is 37.3 Å². The Labute approximate surface area is 174 Å². The minimum Gasteiger partial charge on any atom is -0.338 e. The van der Waals surface area contributed by atoms with Gasteiger partial charge in [-0.1, -0.05) is 28.1 Å². The maximum absolute atomic E-state index is 13.0. The zero-order valence-electron chi connectivity index (χ0n) is 16.2. The summed E-state index contributed by atoms with van der Waals surface area (Å²) in [7, 11) is 0. The molecule has 1 heterocycles. The molecule has 6 heteroatoms. The van der Waals surface area contributed by atoms with E-state index in [-0.39, 0.29) is 11.8 Å². The summed E-state index contributed by atoms with van der Waals surface area (Å²) < 4.78 is 14.0. The number of aryl methyl sites for hydroxylation is 1. The number of benzene rings is 2. The lowest BCUT2D eigenvalue weighted by molar-refractivity contribution is 0.184. The van der Waals surface area contributed by atoms with Gasteiger partial charge in [0.15, 0.2) is 0 Å². The Hall–Kier alpha value is -1.92. The van der Waals surface area contributed by atoms with Crippen LogP contribution in [0.5, 0.6) is 0 Å². The van der Waals surface area contributed by atoms with Crippen LogP contribution in [0.25, 0.3) is 0 Å². The SMILES string of the molecule is Cc1cc(NC(=O)NCC2CCN(CCc3ccc(F)cc3)CC2)ccc1Br. The molecule has 0 atom stereocenters. The molecule has 0 saturated carbocycles. The third-order valence-electron chi connectivity index (χ3n) is 5.30. The molecule has 1 aliphatic heterocycles. The molecule has 3 rings (SSSR count). The van der Waals surface area contributed by atoms with Gasteiger partial charge in [-0.15, -0.1) is 0 Å². The second-order valence-corrected chi connectivity index (χ2v) is 8.31. The van der Waals surface area contributed by atoms with Crippen molar-refractivity contribution in [2.75, 3.05) is 31.5 Å². The van der Waals surface area contributed by atoms with E-state index in [1.165, 1.54) is 17.7 Å². The first-order chi connectivity index (χ1) is 13.5. The van der Waals surface area contributed by atoms with E-state index in [0.29, 0.717) is 12.5 Å². The molecule has 1 fully saturated rings. The van der Waals surface area contributed by atoms with E-state index in [9.17, 15) is 9.18 Å². The molecule has 0 aromatic heterocycles. The van der Waals surface area contributed by atoms with Gasteiger partial charge < -0.3 is 15.5 Å². The lowest BCUT2D eigenvalue weighted by atomic mass is 9.96. The van der Waals surface area contributed by atoms with Crippen LogP contribution in [0.15, 0.2) is 46.9 Å². The van der Waals surface area contributed by atoms with Crippen LogP contribution >= 0.6 is 15.9 Å². The summed E-state index contributed by atoms with van der Waals surface area (Å²) in [5.74, 6) is 0.329. The zero-order valence-corrected chi connectivity index (χ0v) is 17.8. The Kier molecular flexibility index (Phi) is 7.45. The lowest BCUT2D eigenvalue weighted by Gasteiger charge is -2.32. The van der Waals surface area contributed by atoms with Crippen molar-refractivity contribution < 1.29 is 9.18 Å². The van der Waals surface area contributed by atoms with Gasteiger partial charge in [0.2, 0.25) is 0 Å². The van der Waals surface area contributed by atoms with Crippen LogP contribution in [0.4, 0.5) is 14.9 Å². The largest absolute Gasteiger partial charge is 0.338 e. The fraction of sp³-hybridized carbons (Fsp3) is 0.409. The Balaban J connectivity index is 1.34. The number of anilines is 1. The molecule has 4 nitrogen and oxygen atoms in total. The Morgan fingerprint density at radius 3 is 2.57 bits per heavy atom. The van der Waals surface area contributed by atoms with Gasteiger partial charge >= 0.3 is 6.03 Å². The highest BCUT2D eigenvalue weighted by atomic mass is 79.9. The Morgan fingerprint density at radius 1 is 1.18 bits per heavy atom. The molecular weight excluding hydrogens is 421 g/mol. The first kappa shape index (κ1) is 20.8. The molecule has 1 saturated heterocycles. The number of hydrogen-bond donors (Lipinski definition) is 2. The number of carbonyl (C=O) groups is 1. The van der Waals surface area contributed by atoms with Crippen molar-refractivity contribution in [1.82, 2.24) is 10.2 Å². The Morgan fingerprint density at radius 2 is 1.89 bits per heavy atom. The number of urea groups is 1. The number of nitrogens with zero attached hydrogens (tertiary/aromatic N) is 1. The number of nitrogens with one attached hydrogen (secondary N) is 2. The van der Waals surface area contributed by atoms with Crippen LogP contribution in [0.2, 0.25) is 0 Å². The molecule has 2 amide bonds. The van der Waals surface area contributed by atoms with E-state index in [4.69, 9.17) is 0 Å². The van der Waals surface area contributed by atoms with Crippen LogP contribution in [-0.4, -0.2) is 37.1 Å². The van der Waals surface area contributed by atoms with Gasteiger partial charge in [0.1, 0.15) is 5.82 Å². The summed E-state index contributed by atoms with van der Waals surface area (Å²) in [6.07, 6.45) is 3.11. The normalized spacial score (nSPS) is 15.4. The number of amides is 2. The molecule has 0 unspecified atom stereocenters. The molecule has 0 radical (unpaired) electrons. The molecule has 2 aromatic rings. The minimum atomic E-state index is -0.184. The van der Waals surface area contributed by atoms with Crippen molar-refractivity contribution in [3.63, 3.8) is 0 Å². The second-order valence-electron chi connectivity index (χ2n) is 7.46. The Bertz CT molecular complexity index is 789. The van der Waals surface area contributed by atoms with Crippen LogP contribution in [-0.2, 0) is 6.42 Å². The summed E-state index contributed by atoms with van der Waals surface area (Å²) in [6.45, 7) is 5.78. The van der Waals surface area contributed by atoms with Crippen molar-refractivity contribution in [3.8, 4) is 0 Å². The molecule has 0 bridgehead atoms. The third-order valence-corrected chi connectivity index (χ3v) is 6.19. The summed E-state index contributed by atoms with van der Waals surface area (Å²) in [4.78, 5) is 14.6. The van der Waals surface area contributed by atoms with Crippen molar-refractivity contribution >= 4 is 27.6 Å².